The van der Waals surface area contributed by atoms with Crippen molar-refractivity contribution < 1.29 is 14.3 Å². The number of carbonyl (C=O) groups is 1. The van der Waals surface area contributed by atoms with Gasteiger partial charge in [0.25, 0.3) is 0 Å². The molecule has 0 atom stereocenters. The van der Waals surface area contributed by atoms with Crippen LogP contribution >= 0.6 is 0 Å². The molecule has 0 N–H and O–H groups in total. The van der Waals surface area contributed by atoms with Gasteiger partial charge < -0.3 is 9.47 Å². The molecule has 0 aliphatic rings. The van der Waals surface area contributed by atoms with Crippen LogP contribution in [0, 0.1) is 0 Å². The molecule has 0 aromatic carbocycles. The highest BCUT2D eigenvalue weighted by atomic mass is 16.7. The molecule has 0 rings (SSSR count). The molecule has 0 amide bonds. The molecular formula is C24H44O3. The highest BCUT2D eigenvalue weighted by Gasteiger charge is 2.07. The van der Waals surface area contributed by atoms with Crippen molar-refractivity contribution in [1.29, 1.82) is 0 Å². The van der Waals surface area contributed by atoms with Crippen LogP contribution in [0.1, 0.15) is 110 Å². The number of ether oxygens (including phenoxy) is 2. The monoisotopic (exact) mass is 380 g/mol. The molecule has 0 unspecified atom stereocenters. The van der Waals surface area contributed by atoms with Crippen molar-refractivity contribution in [3.63, 3.8) is 0 Å². The van der Waals surface area contributed by atoms with Crippen LogP contribution in [0.5, 0.6) is 0 Å². The van der Waals surface area contributed by atoms with Gasteiger partial charge in [-0.05, 0) is 12.8 Å². The molecular weight excluding hydrogens is 336 g/mol. The highest BCUT2D eigenvalue weighted by molar-refractivity contribution is 5.87. The molecule has 0 radical (unpaired) electrons. The van der Waals surface area contributed by atoms with Crippen LogP contribution in [-0.2, 0) is 14.3 Å². The van der Waals surface area contributed by atoms with Crippen LogP contribution in [-0.4, -0.2) is 19.4 Å². The maximum Gasteiger partial charge on any atom is 0.335 e. The lowest BCUT2D eigenvalue weighted by atomic mass is 10.0. The average Bonchev–Trinajstić information content (AvgIpc) is 2.67. The van der Waals surface area contributed by atoms with Gasteiger partial charge in [-0.15, -0.1) is 6.58 Å². The molecule has 158 valence electrons. The second-order valence-corrected chi connectivity index (χ2v) is 7.51. The van der Waals surface area contributed by atoms with E-state index in [1.165, 1.54) is 83.5 Å². The first kappa shape index (κ1) is 25.9. The maximum absolute atomic E-state index is 11.7. The minimum atomic E-state index is -0.343. The van der Waals surface area contributed by atoms with Crippen LogP contribution < -0.4 is 0 Å². The van der Waals surface area contributed by atoms with Crippen LogP contribution in [0.4, 0.5) is 0 Å². The fraction of sp³-hybridized carbons (Fsp3) is 0.792. The molecule has 3 heteroatoms. The number of hydrogen-bond donors (Lipinski definition) is 0. The molecule has 0 aromatic heterocycles. The van der Waals surface area contributed by atoms with E-state index in [0.29, 0.717) is 12.2 Å². The summed E-state index contributed by atoms with van der Waals surface area (Å²) in [6, 6.07) is 0. The summed E-state index contributed by atoms with van der Waals surface area (Å²) in [4.78, 5) is 11.7. The van der Waals surface area contributed by atoms with Crippen molar-refractivity contribution in [3.05, 3.63) is 24.8 Å². The number of carbonyl (C=O) groups excluding carboxylic acids is 1. The SMILES string of the molecule is C=CCOCOC(=O)C(=C)CCCCCCCCCCCCCCCCC. The Morgan fingerprint density at radius 3 is 1.67 bits per heavy atom. The summed E-state index contributed by atoms with van der Waals surface area (Å²) in [7, 11) is 0. The Kier molecular flexibility index (Phi) is 20.4. The van der Waals surface area contributed by atoms with Gasteiger partial charge in [-0.1, -0.05) is 109 Å². The van der Waals surface area contributed by atoms with Gasteiger partial charge in [0, 0.05) is 5.57 Å². The van der Waals surface area contributed by atoms with Crippen molar-refractivity contribution in [1.82, 2.24) is 0 Å². The van der Waals surface area contributed by atoms with E-state index < -0.39 is 0 Å². The summed E-state index contributed by atoms with van der Waals surface area (Å²) >= 11 is 0. The van der Waals surface area contributed by atoms with E-state index in [9.17, 15) is 4.79 Å². The Hall–Kier alpha value is -1.09. The zero-order chi connectivity index (χ0) is 20.0. The standard InChI is InChI=1S/C24H44O3/c1-4-6-7-8-9-10-11-12-13-14-15-16-17-18-19-20-23(3)24(25)27-22-26-21-5-2/h5H,2-4,6-22H2,1H3. The van der Waals surface area contributed by atoms with Gasteiger partial charge in [-0.2, -0.15) is 0 Å². The number of unbranched alkanes of at least 4 members (excludes halogenated alkanes) is 14. The Balaban J connectivity index is 3.24. The number of rotatable bonds is 21. The summed E-state index contributed by atoms with van der Waals surface area (Å²) in [5.74, 6) is -0.343. The lowest BCUT2D eigenvalue weighted by Crippen LogP contribution is -2.10. The third-order valence-electron chi connectivity index (χ3n) is 4.88. The number of hydrogen-bond acceptors (Lipinski definition) is 3. The first-order chi connectivity index (χ1) is 13.2. The van der Waals surface area contributed by atoms with Gasteiger partial charge in [0.2, 0.25) is 0 Å². The first-order valence-electron chi connectivity index (χ1n) is 11.3. The van der Waals surface area contributed by atoms with E-state index in [4.69, 9.17) is 9.47 Å². The topological polar surface area (TPSA) is 35.5 Å². The van der Waals surface area contributed by atoms with E-state index in [0.717, 1.165) is 19.3 Å². The zero-order valence-corrected chi connectivity index (χ0v) is 17.9. The van der Waals surface area contributed by atoms with Gasteiger partial charge in [0.1, 0.15) is 0 Å². The molecule has 0 bridgehead atoms. The van der Waals surface area contributed by atoms with Crippen LogP contribution in [0.25, 0.3) is 0 Å². The fourth-order valence-corrected chi connectivity index (χ4v) is 3.14. The van der Waals surface area contributed by atoms with Gasteiger partial charge >= 0.3 is 5.97 Å². The van der Waals surface area contributed by atoms with Crippen molar-refractivity contribution in [2.24, 2.45) is 0 Å². The highest BCUT2D eigenvalue weighted by Crippen LogP contribution is 2.15. The van der Waals surface area contributed by atoms with Crippen molar-refractivity contribution >= 4 is 5.97 Å². The minimum absolute atomic E-state index is 0.0251. The second-order valence-electron chi connectivity index (χ2n) is 7.51. The van der Waals surface area contributed by atoms with Crippen molar-refractivity contribution in [2.45, 2.75) is 110 Å². The molecule has 27 heavy (non-hydrogen) atoms. The van der Waals surface area contributed by atoms with Crippen molar-refractivity contribution in [3.8, 4) is 0 Å². The molecule has 3 nitrogen and oxygen atoms in total. The van der Waals surface area contributed by atoms with Crippen LogP contribution in [0.2, 0.25) is 0 Å². The lowest BCUT2D eigenvalue weighted by Gasteiger charge is -2.07. The molecule has 0 saturated carbocycles. The Bertz CT molecular complexity index is 363. The smallest absolute Gasteiger partial charge is 0.335 e. The molecule has 0 spiro atoms. The predicted octanol–water partition coefficient (Wildman–Crippen LogP) is 7.51. The maximum atomic E-state index is 11.7. The molecule has 0 heterocycles. The molecule has 0 aromatic rings. The zero-order valence-electron chi connectivity index (χ0n) is 17.9. The Labute approximate surface area is 168 Å². The van der Waals surface area contributed by atoms with E-state index in [1.54, 1.807) is 6.08 Å². The molecule has 0 aliphatic carbocycles. The first-order valence-corrected chi connectivity index (χ1v) is 11.3. The third kappa shape index (κ3) is 19.5. The molecule has 0 saturated heterocycles. The van der Waals surface area contributed by atoms with Gasteiger partial charge in [-0.3, -0.25) is 0 Å². The molecule has 0 fully saturated rings. The lowest BCUT2D eigenvalue weighted by molar-refractivity contribution is -0.150. The predicted molar refractivity (Wildman–Crippen MR) is 116 cm³/mol. The Morgan fingerprint density at radius 1 is 0.778 bits per heavy atom. The van der Waals surface area contributed by atoms with Crippen LogP contribution in [0.15, 0.2) is 24.8 Å². The summed E-state index contributed by atoms with van der Waals surface area (Å²) in [5, 5.41) is 0. The second kappa shape index (κ2) is 21.2. The average molecular weight is 381 g/mol. The quantitative estimate of drug-likeness (QED) is 0.0679. The van der Waals surface area contributed by atoms with E-state index in [-0.39, 0.29) is 12.8 Å². The Morgan fingerprint density at radius 2 is 1.22 bits per heavy atom. The molecule has 0 aliphatic heterocycles. The normalized spacial score (nSPS) is 10.7. The summed E-state index contributed by atoms with van der Waals surface area (Å²) in [6.07, 6.45) is 22.5. The van der Waals surface area contributed by atoms with E-state index in [1.807, 2.05) is 0 Å². The van der Waals surface area contributed by atoms with Gasteiger partial charge in [0.05, 0.1) is 6.61 Å². The fourth-order valence-electron chi connectivity index (χ4n) is 3.14. The minimum Gasteiger partial charge on any atom is -0.435 e. The van der Waals surface area contributed by atoms with Gasteiger partial charge in [-0.25, -0.2) is 4.79 Å². The third-order valence-corrected chi connectivity index (χ3v) is 4.88. The van der Waals surface area contributed by atoms with Crippen LogP contribution in [0.3, 0.4) is 0 Å². The number of esters is 1. The summed E-state index contributed by atoms with van der Waals surface area (Å²) < 4.78 is 10.0. The van der Waals surface area contributed by atoms with Gasteiger partial charge in [0.15, 0.2) is 6.79 Å². The van der Waals surface area contributed by atoms with Crippen molar-refractivity contribution in [2.75, 3.05) is 13.4 Å². The van der Waals surface area contributed by atoms with E-state index in [2.05, 4.69) is 20.1 Å². The largest absolute Gasteiger partial charge is 0.435 e. The summed E-state index contributed by atoms with van der Waals surface area (Å²) in [6.45, 7) is 9.98. The van der Waals surface area contributed by atoms with E-state index >= 15 is 0 Å². The summed E-state index contributed by atoms with van der Waals surface area (Å²) in [5.41, 5.74) is 0.548.